The van der Waals surface area contributed by atoms with E-state index < -0.39 is 5.69 Å². The fraction of sp³-hybridized carbons (Fsp3) is 0.136. The van der Waals surface area contributed by atoms with Crippen LogP contribution in [0.25, 0.3) is 10.9 Å². The molecule has 156 valence electrons. The van der Waals surface area contributed by atoms with Gasteiger partial charge in [-0.1, -0.05) is 0 Å². The molecule has 0 radical (unpaired) electrons. The van der Waals surface area contributed by atoms with E-state index in [1.807, 2.05) is 6.92 Å². The molecule has 2 N–H and O–H groups in total. The molecule has 0 bridgehead atoms. The summed E-state index contributed by atoms with van der Waals surface area (Å²) in [6.45, 7) is 3.82. The van der Waals surface area contributed by atoms with Crippen LogP contribution in [0.5, 0.6) is 11.8 Å². The number of anilines is 1. The number of rotatable bonds is 5. The Morgan fingerprint density at radius 3 is 2.61 bits per heavy atom. The zero-order chi connectivity index (χ0) is 22.0. The summed E-state index contributed by atoms with van der Waals surface area (Å²) in [6, 6.07) is 11.7. The van der Waals surface area contributed by atoms with E-state index in [4.69, 9.17) is 4.74 Å². The molecule has 0 spiro atoms. The van der Waals surface area contributed by atoms with Crippen molar-refractivity contribution in [2.75, 3.05) is 5.32 Å². The number of nitrogens with one attached hydrogen (secondary N) is 2. The summed E-state index contributed by atoms with van der Waals surface area (Å²) in [5.41, 5.74) is 1.11. The van der Waals surface area contributed by atoms with Gasteiger partial charge >= 0.3 is 11.7 Å². The molecular weight excluding hydrogens is 398 g/mol. The van der Waals surface area contributed by atoms with Crippen LogP contribution in [0.2, 0.25) is 0 Å². The van der Waals surface area contributed by atoms with E-state index in [0.29, 0.717) is 27.9 Å². The van der Waals surface area contributed by atoms with E-state index in [0.717, 1.165) is 10.1 Å². The minimum Gasteiger partial charge on any atom is -0.424 e. The number of benzene rings is 2. The Hall–Kier alpha value is -4.27. The van der Waals surface area contributed by atoms with Gasteiger partial charge in [0.2, 0.25) is 0 Å². The largest absolute Gasteiger partial charge is 0.424 e. The third kappa shape index (κ3) is 4.06. The summed E-state index contributed by atoms with van der Waals surface area (Å²) in [6.07, 6.45) is 3.16. The van der Waals surface area contributed by atoms with Crippen molar-refractivity contribution in [2.45, 2.75) is 20.4 Å². The Balaban J connectivity index is 1.57. The SMILES string of the molecule is CCn1c(=O)[nH]c2cc(C(=O)Nc3ccc(Oc4ncccn4)cc3C)ccc2c1=O. The van der Waals surface area contributed by atoms with Crippen molar-refractivity contribution >= 4 is 22.5 Å². The predicted molar refractivity (Wildman–Crippen MR) is 116 cm³/mol. The summed E-state index contributed by atoms with van der Waals surface area (Å²) in [7, 11) is 0. The molecular formula is C22H19N5O4. The van der Waals surface area contributed by atoms with Gasteiger partial charge in [0.05, 0.1) is 10.9 Å². The summed E-state index contributed by atoms with van der Waals surface area (Å²) < 4.78 is 6.70. The fourth-order valence-corrected chi connectivity index (χ4v) is 3.16. The van der Waals surface area contributed by atoms with Crippen LogP contribution < -0.4 is 21.3 Å². The van der Waals surface area contributed by atoms with Crippen LogP contribution >= 0.6 is 0 Å². The van der Waals surface area contributed by atoms with Gasteiger partial charge in [-0.25, -0.2) is 14.8 Å². The van der Waals surface area contributed by atoms with Crippen molar-refractivity contribution in [3.8, 4) is 11.8 Å². The highest BCUT2D eigenvalue weighted by Crippen LogP contribution is 2.24. The molecule has 0 saturated carbocycles. The molecule has 2 aromatic heterocycles. The molecule has 0 aliphatic heterocycles. The van der Waals surface area contributed by atoms with Crippen LogP contribution in [0.15, 0.2) is 64.4 Å². The molecule has 0 aliphatic rings. The molecule has 0 saturated heterocycles. The first kappa shape index (κ1) is 20.0. The zero-order valence-corrected chi connectivity index (χ0v) is 16.9. The fourth-order valence-electron chi connectivity index (χ4n) is 3.16. The van der Waals surface area contributed by atoms with Gasteiger partial charge in [-0.15, -0.1) is 0 Å². The molecule has 0 aliphatic carbocycles. The normalized spacial score (nSPS) is 10.8. The van der Waals surface area contributed by atoms with Gasteiger partial charge in [0.15, 0.2) is 0 Å². The number of fused-ring (bicyclic) bond motifs is 1. The van der Waals surface area contributed by atoms with Crippen molar-refractivity contribution in [1.82, 2.24) is 19.5 Å². The van der Waals surface area contributed by atoms with Crippen molar-refractivity contribution in [1.29, 1.82) is 0 Å². The third-order valence-corrected chi connectivity index (χ3v) is 4.76. The number of aromatic amines is 1. The minimum atomic E-state index is -0.508. The first-order valence-electron chi connectivity index (χ1n) is 9.60. The van der Waals surface area contributed by atoms with Crippen molar-refractivity contribution in [3.63, 3.8) is 0 Å². The quantitative estimate of drug-likeness (QED) is 0.515. The molecule has 0 unspecified atom stereocenters. The topological polar surface area (TPSA) is 119 Å². The van der Waals surface area contributed by atoms with E-state index >= 15 is 0 Å². The lowest BCUT2D eigenvalue weighted by Crippen LogP contribution is -2.34. The maximum atomic E-state index is 12.7. The van der Waals surface area contributed by atoms with E-state index in [1.54, 1.807) is 55.7 Å². The predicted octanol–water partition coefficient (Wildman–Crippen LogP) is 2.85. The molecule has 2 heterocycles. The van der Waals surface area contributed by atoms with Gasteiger partial charge in [-0.2, -0.15) is 0 Å². The number of aryl methyl sites for hydroxylation is 1. The highest BCUT2D eigenvalue weighted by Gasteiger charge is 2.12. The monoisotopic (exact) mass is 417 g/mol. The molecule has 9 heteroatoms. The zero-order valence-electron chi connectivity index (χ0n) is 16.9. The lowest BCUT2D eigenvalue weighted by Gasteiger charge is -2.11. The number of H-pyrrole nitrogens is 1. The number of hydrogen-bond acceptors (Lipinski definition) is 6. The van der Waals surface area contributed by atoms with E-state index in [2.05, 4.69) is 20.3 Å². The number of amides is 1. The average Bonchev–Trinajstić information content (AvgIpc) is 2.76. The second-order valence-corrected chi connectivity index (χ2v) is 6.80. The summed E-state index contributed by atoms with van der Waals surface area (Å²) >= 11 is 0. The summed E-state index contributed by atoms with van der Waals surface area (Å²) in [4.78, 5) is 47.8. The summed E-state index contributed by atoms with van der Waals surface area (Å²) in [5.74, 6) is 0.169. The lowest BCUT2D eigenvalue weighted by molar-refractivity contribution is 0.102. The number of aromatic nitrogens is 4. The maximum Gasteiger partial charge on any atom is 0.328 e. The molecule has 0 atom stereocenters. The van der Waals surface area contributed by atoms with E-state index in [1.165, 1.54) is 6.07 Å². The molecule has 0 fully saturated rings. The molecule has 2 aromatic carbocycles. The van der Waals surface area contributed by atoms with Crippen LogP contribution in [-0.2, 0) is 6.54 Å². The Kier molecular flexibility index (Phi) is 5.31. The second kappa shape index (κ2) is 8.23. The molecule has 4 rings (SSSR count). The van der Waals surface area contributed by atoms with Crippen LogP contribution in [0.1, 0.15) is 22.8 Å². The van der Waals surface area contributed by atoms with Crippen LogP contribution in [0.4, 0.5) is 5.69 Å². The van der Waals surface area contributed by atoms with Crippen LogP contribution in [0, 0.1) is 6.92 Å². The standard InChI is InChI=1S/C22H19N5O4/c1-3-27-20(29)16-7-5-14(12-18(16)26-22(27)30)19(28)25-17-8-6-15(11-13(17)2)31-21-23-9-4-10-24-21/h4-12H,3H2,1-2H3,(H,25,28)(H,26,30). The smallest absolute Gasteiger partial charge is 0.328 e. The molecule has 9 nitrogen and oxygen atoms in total. The average molecular weight is 417 g/mol. The van der Waals surface area contributed by atoms with E-state index in [9.17, 15) is 14.4 Å². The lowest BCUT2D eigenvalue weighted by atomic mass is 10.1. The van der Waals surface area contributed by atoms with Crippen LogP contribution in [0.3, 0.4) is 0 Å². The number of ether oxygens (including phenoxy) is 1. The van der Waals surface area contributed by atoms with Gasteiger partial charge in [-0.05, 0) is 61.9 Å². The Labute approximate surface area is 176 Å². The molecule has 1 amide bonds. The van der Waals surface area contributed by atoms with Gasteiger partial charge in [0, 0.05) is 30.2 Å². The van der Waals surface area contributed by atoms with E-state index in [-0.39, 0.29) is 24.0 Å². The first-order chi connectivity index (χ1) is 15.0. The number of carbonyl (C=O) groups is 1. The highest BCUT2D eigenvalue weighted by molar-refractivity contribution is 6.06. The highest BCUT2D eigenvalue weighted by atomic mass is 16.5. The van der Waals surface area contributed by atoms with Crippen molar-refractivity contribution in [3.05, 3.63) is 86.8 Å². The first-order valence-corrected chi connectivity index (χ1v) is 9.60. The van der Waals surface area contributed by atoms with Crippen LogP contribution in [-0.4, -0.2) is 25.4 Å². The van der Waals surface area contributed by atoms with Crippen molar-refractivity contribution < 1.29 is 9.53 Å². The Morgan fingerprint density at radius 2 is 1.90 bits per heavy atom. The maximum absolute atomic E-state index is 12.7. The van der Waals surface area contributed by atoms with Gasteiger partial charge < -0.3 is 15.0 Å². The number of hydrogen-bond donors (Lipinski definition) is 2. The van der Waals surface area contributed by atoms with Gasteiger partial charge in [0.1, 0.15) is 5.75 Å². The molecule has 31 heavy (non-hydrogen) atoms. The molecule has 4 aromatic rings. The third-order valence-electron chi connectivity index (χ3n) is 4.76. The Bertz CT molecular complexity index is 1390. The van der Waals surface area contributed by atoms with Crippen molar-refractivity contribution in [2.24, 2.45) is 0 Å². The summed E-state index contributed by atoms with van der Waals surface area (Å²) in [5, 5.41) is 3.18. The van der Waals surface area contributed by atoms with Gasteiger partial charge in [0.25, 0.3) is 11.5 Å². The number of nitrogens with zero attached hydrogens (tertiary/aromatic N) is 3. The minimum absolute atomic E-state index is 0.228. The number of carbonyl (C=O) groups excluding carboxylic acids is 1. The Morgan fingerprint density at radius 1 is 1.13 bits per heavy atom. The second-order valence-electron chi connectivity index (χ2n) is 6.80. The van der Waals surface area contributed by atoms with Gasteiger partial charge in [-0.3, -0.25) is 14.2 Å².